The molecule has 11 nitrogen and oxygen atoms in total. The highest BCUT2D eigenvalue weighted by Crippen LogP contribution is 2.42. The second-order valence-corrected chi connectivity index (χ2v) is 16.8. The fraction of sp³-hybridized carbons (Fsp3) is 0.429. The van der Waals surface area contributed by atoms with Crippen LogP contribution in [-0.4, -0.2) is 59.7 Å². The summed E-state index contributed by atoms with van der Waals surface area (Å²) in [6, 6.07) is 9.69. The highest BCUT2D eigenvalue weighted by molar-refractivity contribution is 9.13. The summed E-state index contributed by atoms with van der Waals surface area (Å²) < 4.78 is 36.0. The van der Waals surface area contributed by atoms with Gasteiger partial charge in [-0.2, -0.15) is 19.3 Å². The predicted molar refractivity (Wildman–Crippen MR) is 213 cm³/mol. The molecule has 1 unspecified atom stereocenters. The van der Waals surface area contributed by atoms with E-state index in [1.807, 2.05) is 0 Å². The highest BCUT2D eigenvalue weighted by Gasteiger charge is 2.33. The summed E-state index contributed by atoms with van der Waals surface area (Å²) in [5.74, 6) is -0.965. The molecule has 0 spiro atoms. The first kappa shape index (κ1) is 41.2. The number of anilines is 2. The topological polar surface area (TPSA) is 136 Å². The number of amides is 2. The quantitative estimate of drug-likeness (QED) is 0.0439. The van der Waals surface area contributed by atoms with Gasteiger partial charge in [-0.1, -0.05) is 70.0 Å². The number of ether oxygens (including phenoxy) is 1. The third kappa shape index (κ3) is 10.1. The minimum atomic E-state index is -3.79. The van der Waals surface area contributed by atoms with Crippen LogP contribution in [-0.2, 0) is 19.6 Å². The van der Waals surface area contributed by atoms with E-state index in [2.05, 4.69) is 82.5 Å². The van der Waals surface area contributed by atoms with Gasteiger partial charge in [0.25, 0.3) is 11.8 Å². The van der Waals surface area contributed by atoms with E-state index in [0.29, 0.717) is 65.3 Å². The number of halogens is 4. The van der Waals surface area contributed by atoms with Crippen LogP contribution in [0, 0.1) is 6.92 Å². The molecule has 0 fully saturated rings. The molecule has 4 rings (SSSR count). The number of hydrogen-bond donors (Lipinski definition) is 2. The number of rotatable bonds is 18. The van der Waals surface area contributed by atoms with Crippen molar-refractivity contribution in [2.45, 2.75) is 83.1 Å². The molecule has 3 aromatic carbocycles. The van der Waals surface area contributed by atoms with Crippen LogP contribution in [0.4, 0.5) is 11.4 Å². The number of fused-ring (bicyclic) bond motifs is 1. The van der Waals surface area contributed by atoms with Gasteiger partial charge < -0.3 is 15.4 Å². The molecule has 2 amide bonds. The zero-order valence-corrected chi connectivity index (χ0v) is 35.3. The van der Waals surface area contributed by atoms with Crippen LogP contribution in [0.15, 0.2) is 60.8 Å². The maximum absolute atomic E-state index is 14.1. The van der Waals surface area contributed by atoms with Crippen molar-refractivity contribution >= 4 is 104 Å². The van der Waals surface area contributed by atoms with Crippen molar-refractivity contribution in [1.29, 1.82) is 0 Å². The van der Waals surface area contributed by atoms with Crippen LogP contribution in [0.3, 0.4) is 0 Å². The first-order valence-corrected chi connectivity index (χ1v) is 21.0. The number of unbranched alkanes of at least 4 members (excludes halogenated alkanes) is 6. The minimum Gasteiger partial charge on any atom is -0.497 e. The second kappa shape index (κ2) is 19.0. The van der Waals surface area contributed by atoms with Gasteiger partial charge >= 0.3 is 0 Å². The summed E-state index contributed by atoms with van der Waals surface area (Å²) >= 11 is 16.8. The number of methoxy groups -OCH3 is 1. The third-order valence-electron chi connectivity index (χ3n) is 8.30. The Labute approximate surface area is 329 Å². The monoisotopic (exact) mass is 930 g/mol. The lowest BCUT2D eigenvalue weighted by Gasteiger charge is -2.23. The van der Waals surface area contributed by atoms with Gasteiger partial charge in [0, 0.05) is 30.5 Å². The van der Waals surface area contributed by atoms with Gasteiger partial charge in [0.2, 0.25) is 16.1 Å². The number of carbonyl (C=O) groups is 2. The van der Waals surface area contributed by atoms with E-state index in [0.717, 1.165) is 56.2 Å². The number of aryl methyl sites for hydroxylation is 1. The van der Waals surface area contributed by atoms with Crippen molar-refractivity contribution < 1.29 is 22.7 Å². The SMILES string of the molecule is CCCCCCN(CCCCCC)S(=O)(=O)c1ccc(NC(=O)C(C(=O)Nc2cccc(OC)c2)n2nc3c(Br)c(Cl)c(Br)c(Br)c3n2)c(C)c1. The van der Waals surface area contributed by atoms with Gasteiger partial charge in [-0.3, -0.25) is 9.59 Å². The smallest absolute Gasteiger partial charge is 0.260 e. The normalized spacial score (nSPS) is 12.3. The molecular weight excluding hydrogens is 892 g/mol. The van der Waals surface area contributed by atoms with E-state index in [9.17, 15) is 18.0 Å². The molecule has 1 aromatic heterocycles. The molecule has 1 heterocycles. The maximum atomic E-state index is 14.1. The lowest BCUT2D eigenvalue weighted by atomic mass is 10.1. The summed E-state index contributed by atoms with van der Waals surface area (Å²) in [4.78, 5) is 29.1. The highest BCUT2D eigenvalue weighted by atomic mass is 79.9. The van der Waals surface area contributed by atoms with Crippen molar-refractivity contribution in [3.8, 4) is 5.75 Å². The van der Waals surface area contributed by atoms with Gasteiger partial charge in [-0.15, -0.1) is 0 Å². The number of aromatic nitrogens is 3. The van der Waals surface area contributed by atoms with Gasteiger partial charge in [-0.25, -0.2) is 8.42 Å². The largest absolute Gasteiger partial charge is 0.497 e. The lowest BCUT2D eigenvalue weighted by molar-refractivity contribution is -0.129. The molecule has 2 N–H and O–H groups in total. The van der Waals surface area contributed by atoms with E-state index in [1.54, 1.807) is 47.6 Å². The molecular formula is C35H42Br3ClN6O5S. The number of hydrogen-bond acceptors (Lipinski definition) is 7. The third-order valence-corrected chi connectivity index (χ3v) is 13.9. The van der Waals surface area contributed by atoms with Crippen LogP contribution >= 0.6 is 59.4 Å². The first-order chi connectivity index (χ1) is 24.3. The summed E-state index contributed by atoms with van der Waals surface area (Å²) in [5.41, 5.74) is 1.90. The molecule has 0 saturated heterocycles. The van der Waals surface area contributed by atoms with Gasteiger partial charge in [-0.05, 0) is 103 Å². The molecule has 276 valence electrons. The number of sulfonamides is 1. The molecule has 0 saturated carbocycles. The molecule has 4 aromatic rings. The Kier molecular flexibility index (Phi) is 15.3. The van der Waals surface area contributed by atoms with E-state index < -0.39 is 27.9 Å². The second-order valence-electron chi connectivity index (χ2n) is 12.1. The molecule has 1 atom stereocenters. The van der Waals surface area contributed by atoms with Crippen molar-refractivity contribution in [1.82, 2.24) is 19.3 Å². The Balaban J connectivity index is 1.66. The van der Waals surface area contributed by atoms with E-state index in [4.69, 9.17) is 16.3 Å². The molecule has 0 aliphatic heterocycles. The van der Waals surface area contributed by atoms with Gasteiger partial charge in [0.05, 0.1) is 30.4 Å². The average molecular weight is 934 g/mol. The summed E-state index contributed by atoms with van der Waals surface area (Å²) in [6.07, 6.45) is 7.75. The molecule has 0 aliphatic carbocycles. The zero-order valence-electron chi connectivity index (χ0n) is 28.9. The van der Waals surface area contributed by atoms with Crippen LogP contribution in [0.5, 0.6) is 5.75 Å². The van der Waals surface area contributed by atoms with Crippen LogP contribution in [0.1, 0.15) is 76.8 Å². The number of carbonyl (C=O) groups excluding carboxylic acids is 2. The lowest BCUT2D eigenvalue weighted by Crippen LogP contribution is -2.37. The molecule has 0 bridgehead atoms. The standard InChI is InChI=1S/C35H42Br3ClN6O5S/c1-5-7-9-11-18-44(19-12-10-8-6-2)51(48,49)25-16-17-26(22(3)20-25)41-35(47)33(34(46)40-23-14-13-15-24(21-23)50-4)45-42-31-28(37)27(36)30(39)29(38)32(31)43-45/h13-17,20-21,33H,5-12,18-19H2,1-4H3,(H,40,46)(H,41,47). The first-order valence-electron chi connectivity index (χ1n) is 16.8. The maximum Gasteiger partial charge on any atom is 0.260 e. The minimum absolute atomic E-state index is 0.147. The van der Waals surface area contributed by atoms with E-state index >= 15 is 0 Å². The zero-order chi connectivity index (χ0) is 37.3. The van der Waals surface area contributed by atoms with Crippen molar-refractivity contribution in [3.05, 3.63) is 66.5 Å². The Morgan fingerprint density at radius 3 is 2.06 bits per heavy atom. The fourth-order valence-corrected chi connectivity index (χ4v) is 8.93. The molecule has 0 aliphatic rings. The molecule has 16 heteroatoms. The van der Waals surface area contributed by atoms with Crippen LogP contribution in [0.25, 0.3) is 11.0 Å². The van der Waals surface area contributed by atoms with E-state index in [-0.39, 0.29) is 4.90 Å². The molecule has 0 radical (unpaired) electrons. The average Bonchev–Trinajstić information content (AvgIpc) is 3.55. The number of nitrogens with zero attached hydrogens (tertiary/aromatic N) is 4. The Morgan fingerprint density at radius 2 is 1.47 bits per heavy atom. The number of nitrogens with one attached hydrogen (secondary N) is 2. The Hall–Kier alpha value is -2.56. The Bertz CT molecular complexity index is 1920. The summed E-state index contributed by atoms with van der Waals surface area (Å²) in [5, 5.41) is 14.9. The van der Waals surface area contributed by atoms with Crippen LogP contribution < -0.4 is 15.4 Å². The van der Waals surface area contributed by atoms with Crippen molar-refractivity contribution in [2.75, 3.05) is 30.8 Å². The van der Waals surface area contributed by atoms with Crippen LogP contribution in [0.2, 0.25) is 5.02 Å². The fourth-order valence-electron chi connectivity index (χ4n) is 5.44. The van der Waals surface area contributed by atoms with Crippen molar-refractivity contribution in [2.24, 2.45) is 0 Å². The number of benzene rings is 3. The predicted octanol–water partition coefficient (Wildman–Crippen LogP) is 9.66. The summed E-state index contributed by atoms with van der Waals surface area (Å²) in [6.45, 7) is 6.86. The Morgan fingerprint density at radius 1 is 0.863 bits per heavy atom. The van der Waals surface area contributed by atoms with Gasteiger partial charge in [0.15, 0.2) is 0 Å². The molecule has 51 heavy (non-hydrogen) atoms. The van der Waals surface area contributed by atoms with Gasteiger partial charge in [0.1, 0.15) is 16.8 Å². The van der Waals surface area contributed by atoms with Crippen molar-refractivity contribution in [3.63, 3.8) is 0 Å². The summed E-state index contributed by atoms with van der Waals surface area (Å²) in [7, 11) is -2.28. The van der Waals surface area contributed by atoms with E-state index in [1.165, 1.54) is 13.2 Å².